The van der Waals surface area contributed by atoms with Crippen molar-refractivity contribution < 1.29 is 0 Å². The highest BCUT2D eigenvalue weighted by Crippen LogP contribution is 2.20. The lowest BCUT2D eigenvalue weighted by atomic mass is 10.2. The highest BCUT2D eigenvalue weighted by molar-refractivity contribution is 9.10. The first-order valence-corrected chi connectivity index (χ1v) is 7.40. The Bertz CT molecular complexity index is 555. The van der Waals surface area contributed by atoms with Crippen LogP contribution in [0.1, 0.15) is 16.7 Å². The number of hydrogen-bond donors (Lipinski definition) is 0. The summed E-state index contributed by atoms with van der Waals surface area (Å²) in [4.78, 5) is 6.64. The van der Waals surface area contributed by atoms with Gasteiger partial charge in [-0.05, 0) is 41.8 Å². The molecule has 19 heavy (non-hydrogen) atoms. The minimum Gasteiger partial charge on any atom is -0.355 e. The normalized spacial score (nSPS) is 10.5. The van der Waals surface area contributed by atoms with Crippen LogP contribution >= 0.6 is 27.5 Å². The lowest BCUT2D eigenvalue weighted by Crippen LogP contribution is -2.18. The molecule has 0 saturated carbocycles. The quantitative estimate of drug-likeness (QED) is 0.761. The molecule has 0 radical (unpaired) electrons. The van der Waals surface area contributed by atoms with E-state index in [9.17, 15) is 0 Å². The molecule has 4 heteroatoms. The van der Waals surface area contributed by atoms with E-state index < -0.39 is 0 Å². The van der Waals surface area contributed by atoms with Crippen LogP contribution in [0.25, 0.3) is 0 Å². The Hall–Kier alpha value is -1.06. The Morgan fingerprint density at radius 1 is 1.21 bits per heavy atom. The van der Waals surface area contributed by atoms with E-state index in [1.807, 2.05) is 6.20 Å². The number of halogens is 2. The van der Waals surface area contributed by atoms with Crippen LogP contribution in [0, 0.1) is 6.92 Å². The van der Waals surface area contributed by atoms with Crippen LogP contribution in [-0.2, 0) is 12.4 Å². The average molecular weight is 340 g/mol. The third-order valence-corrected chi connectivity index (χ3v) is 3.79. The van der Waals surface area contributed by atoms with Crippen molar-refractivity contribution in [2.75, 3.05) is 11.9 Å². The van der Waals surface area contributed by atoms with Crippen molar-refractivity contribution in [3.63, 3.8) is 0 Å². The van der Waals surface area contributed by atoms with Crippen LogP contribution in [0.2, 0.25) is 0 Å². The molecule has 0 bridgehead atoms. The molecule has 0 amide bonds. The molecule has 100 valence electrons. The van der Waals surface area contributed by atoms with Crippen molar-refractivity contribution in [1.82, 2.24) is 4.98 Å². The van der Waals surface area contributed by atoms with E-state index in [4.69, 9.17) is 11.6 Å². The zero-order valence-electron chi connectivity index (χ0n) is 11.0. The Labute approximate surface area is 127 Å². The fourth-order valence-electron chi connectivity index (χ4n) is 2.04. The fourth-order valence-corrected chi connectivity index (χ4v) is 2.45. The number of alkyl halides is 1. The van der Waals surface area contributed by atoms with Gasteiger partial charge >= 0.3 is 0 Å². The monoisotopic (exact) mass is 338 g/mol. The number of nitrogens with zero attached hydrogens (tertiary/aromatic N) is 2. The van der Waals surface area contributed by atoms with E-state index in [0.29, 0.717) is 5.88 Å². The largest absolute Gasteiger partial charge is 0.355 e. The van der Waals surface area contributed by atoms with Gasteiger partial charge in [0.15, 0.2) is 0 Å². The molecule has 0 unspecified atom stereocenters. The molecule has 1 aromatic heterocycles. The maximum Gasteiger partial charge on any atom is 0.131 e. The molecule has 0 spiro atoms. The summed E-state index contributed by atoms with van der Waals surface area (Å²) in [5.41, 5.74) is 3.46. The van der Waals surface area contributed by atoms with Crippen molar-refractivity contribution in [3.8, 4) is 0 Å². The lowest BCUT2D eigenvalue weighted by Gasteiger charge is -2.20. The summed E-state index contributed by atoms with van der Waals surface area (Å²) in [6.07, 6.45) is 1.84. The summed E-state index contributed by atoms with van der Waals surface area (Å²) < 4.78 is 1.10. The second-order valence-corrected chi connectivity index (χ2v) is 5.78. The summed E-state index contributed by atoms with van der Waals surface area (Å²) in [5, 5.41) is 0. The van der Waals surface area contributed by atoms with E-state index in [1.54, 1.807) is 0 Å². The molecule has 1 aromatic carbocycles. The minimum absolute atomic E-state index is 0.505. The van der Waals surface area contributed by atoms with Crippen molar-refractivity contribution in [2.24, 2.45) is 0 Å². The zero-order valence-corrected chi connectivity index (χ0v) is 13.4. The first-order valence-electron chi connectivity index (χ1n) is 6.07. The summed E-state index contributed by atoms with van der Waals surface area (Å²) in [6.45, 7) is 2.90. The van der Waals surface area contributed by atoms with Crippen LogP contribution in [0.15, 0.2) is 41.0 Å². The number of aromatic nitrogens is 1. The van der Waals surface area contributed by atoms with Gasteiger partial charge in [-0.15, -0.1) is 11.6 Å². The highest BCUT2D eigenvalue weighted by atomic mass is 79.9. The van der Waals surface area contributed by atoms with Crippen molar-refractivity contribution >= 4 is 33.3 Å². The number of hydrogen-bond acceptors (Lipinski definition) is 2. The van der Waals surface area contributed by atoms with Crippen LogP contribution in [0.4, 0.5) is 5.82 Å². The Morgan fingerprint density at radius 3 is 2.47 bits per heavy atom. The molecule has 0 aliphatic carbocycles. The summed E-state index contributed by atoms with van der Waals surface area (Å²) in [5.74, 6) is 1.50. The SMILES string of the molecule is Cc1cc(CCl)cnc1N(C)Cc1ccc(Br)cc1. The molecule has 0 atom stereocenters. The second kappa shape index (κ2) is 6.40. The molecule has 2 rings (SSSR count). The molecule has 2 nitrogen and oxygen atoms in total. The first-order chi connectivity index (χ1) is 9.10. The van der Waals surface area contributed by atoms with Crippen LogP contribution in [-0.4, -0.2) is 12.0 Å². The van der Waals surface area contributed by atoms with Crippen LogP contribution in [0.5, 0.6) is 0 Å². The minimum atomic E-state index is 0.505. The molecule has 2 aromatic rings. The van der Waals surface area contributed by atoms with Crippen LogP contribution in [0.3, 0.4) is 0 Å². The van der Waals surface area contributed by atoms with Crippen molar-refractivity contribution in [2.45, 2.75) is 19.3 Å². The molecule has 0 aliphatic heterocycles. The van der Waals surface area contributed by atoms with Gasteiger partial charge in [-0.3, -0.25) is 0 Å². The smallest absolute Gasteiger partial charge is 0.131 e. The molecule has 1 heterocycles. The van der Waals surface area contributed by atoms with Crippen molar-refractivity contribution in [1.29, 1.82) is 0 Å². The summed E-state index contributed by atoms with van der Waals surface area (Å²) >= 11 is 9.26. The van der Waals surface area contributed by atoms with E-state index >= 15 is 0 Å². The molecule has 0 N–H and O–H groups in total. The zero-order chi connectivity index (χ0) is 13.8. The van der Waals surface area contributed by atoms with Gasteiger partial charge < -0.3 is 4.90 Å². The summed E-state index contributed by atoms with van der Waals surface area (Å²) in [6, 6.07) is 10.4. The Balaban J connectivity index is 2.15. The topological polar surface area (TPSA) is 16.1 Å². The molecule has 0 aliphatic rings. The van der Waals surface area contributed by atoms with Gasteiger partial charge in [0.05, 0.1) is 0 Å². The van der Waals surface area contributed by atoms with E-state index in [-0.39, 0.29) is 0 Å². The van der Waals surface area contributed by atoms with Gasteiger partial charge in [-0.25, -0.2) is 4.98 Å². The molecule has 0 fully saturated rings. The van der Waals surface area contributed by atoms with Gasteiger partial charge in [0.25, 0.3) is 0 Å². The predicted molar refractivity (Wildman–Crippen MR) is 84.8 cm³/mol. The maximum absolute atomic E-state index is 5.82. The molecular formula is C15H16BrClN2. The van der Waals surface area contributed by atoms with Crippen molar-refractivity contribution in [3.05, 3.63) is 57.7 Å². The Kier molecular flexibility index (Phi) is 4.83. The fraction of sp³-hybridized carbons (Fsp3) is 0.267. The highest BCUT2D eigenvalue weighted by Gasteiger charge is 2.07. The number of benzene rings is 1. The third kappa shape index (κ3) is 3.71. The third-order valence-electron chi connectivity index (χ3n) is 2.96. The van der Waals surface area contributed by atoms with Gasteiger partial charge in [-0.2, -0.15) is 0 Å². The van der Waals surface area contributed by atoms with Gasteiger partial charge in [-0.1, -0.05) is 28.1 Å². The predicted octanol–water partition coefficient (Wildman–Crippen LogP) is 4.53. The van der Waals surface area contributed by atoms with Gasteiger partial charge in [0.2, 0.25) is 0 Å². The standard InChI is InChI=1S/C15H16BrClN2/c1-11-7-13(8-17)9-18-15(11)19(2)10-12-3-5-14(16)6-4-12/h3-7,9H,8,10H2,1-2H3. The number of rotatable bonds is 4. The second-order valence-electron chi connectivity index (χ2n) is 4.60. The maximum atomic E-state index is 5.82. The Morgan fingerprint density at radius 2 is 1.89 bits per heavy atom. The van der Waals surface area contributed by atoms with E-state index in [0.717, 1.165) is 28.0 Å². The van der Waals surface area contributed by atoms with Gasteiger partial charge in [0, 0.05) is 30.1 Å². The lowest BCUT2D eigenvalue weighted by molar-refractivity contribution is 0.888. The molecule has 0 saturated heterocycles. The molecular weight excluding hydrogens is 324 g/mol. The van der Waals surface area contributed by atoms with E-state index in [1.165, 1.54) is 5.56 Å². The van der Waals surface area contributed by atoms with Crippen LogP contribution < -0.4 is 4.90 Å². The number of anilines is 1. The van der Waals surface area contributed by atoms with E-state index in [2.05, 4.69) is 70.1 Å². The van der Waals surface area contributed by atoms with Gasteiger partial charge in [0.1, 0.15) is 5.82 Å². The number of aryl methyl sites for hydroxylation is 1. The first kappa shape index (κ1) is 14.4. The average Bonchev–Trinajstić information content (AvgIpc) is 2.41. The summed E-state index contributed by atoms with van der Waals surface area (Å²) in [7, 11) is 2.05. The number of pyridine rings is 1.